The molecule has 1 rings (SSSR count). The Hall–Kier alpha value is -1.06. The van der Waals surface area contributed by atoms with Gasteiger partial charge in [-0.25, -0.2) is 0 Å². The second-order valence-electron chi connectivity index (χ2n) is 5.96. The van der Waals surface area contributed by atoms with E-state index in [2.05, 4.69) is 12.2 Å². The summed E-state index contributed by atoms with van der Waals surface area (Å²) in [5, 5.41) is 12.0. The van der Waals surface area contributed by atoms with Crippen molar-refractivity contribution in [1.82, 2.24) is 5.32 Å². The minimum absolute atomic E-state index is 0.0801. The first-order valence-electron chi connectivity index (χ1n) is 8.14. The maximum absolute atomic E-state index is 11.7. The van der Waals surface area contributed by atoms with Gasteiger partial charge in [0.2, 0.25) is 5.91 Å². The summed E-state index contributed by atoms with van der Waals surface area (Å²) in [6.07, 6.45) is 10.3. The molecule has 0 aliphatic heterocycles. The molecule has 0 saturated heterocycles. The maximum Gasteiger partial charge on any atom is 0.306 e. The van der Waals surface area contributed by atoms with Gasteiger partial charge in [-0.1, -0.05) is 45.4 Å². The Kier molecular flexibility index (Phi) is 8.31. The van der Waals surface area contributed by atoms with Crippen LogP contribution in [0.25, 0.3) is 0 Å². The van der Waals surface area contributed by atoms with Crippen LogP contribution in [0.2, 0.25) is 0 Å². The SMILES string of the molecule is CCCCCCCCC(=O)NCC1CCCC1C(=O)O. The van der Waals surface area contributed by atoms with Gasteiger partial charge < -0.3 is 10.4 Å². The van der Waals surface area contributed by atoms with Crippen molar-refractivity contribution in [2.75, 3.05) is 6.54 Å². The Bertz CT molecular complexity index is 304. The molecule has 0 heterocycles. The van der Waals surface area contributed by atoms with Crippen LogP contribution in [0.15, 0.2) is 0 Å². The standard InChI is InChI=1S/C16H29NO3/c1-2-3-4-5-6-7-11-15(18)17-12-13-9-8-10-14(13)16(19)20/h13-14H,2-12H2,1H3,(H,17,18)(H,19,20). The summed E-state index contributed by atoms with van der Waals surface area (Å²) in [6, 6.07) is 0. The van der Waals surface area contributed by atoms with E-state index in [0.717, 1.165) is 32.1 Å². The number of carboxylic acids is 1. The number of amides is 1. The lowest BCUT2D eigenvalue weighted by Gasteiger charge is -2.16. The predicted molar refractivity (Wildman–Crippen MR) is 79.5 cm³/mol. The zero-order chi connectivity index (χ0) is 14.8. The van der Waals surface area contributed by atoms with Crippen LogP contribution in [0.4, 0.5) is 0 Å². The maximum atomic E-state index is 11.7. The van der Waals surface area contributed by atoms with Gasteiger partial charge in [-0.15, -0.1) is 0 Å². The first-order valence-corrected chi connectivity index (χ1v) is 8.14. The van der Waals surface area contributed by atoms with Crippen molar-refractivity contribution in [3.63, 3.8) is 0 Å². The molecular weight excluding hydrogens is 254 g/mol. The van der Waals surface area contributed by atoms with Crippen LogP contribution in [0.5, 0.6) is 0 Å². The summed E-state index contributed by atoms with van der Waals surface area (Å²) in [4.78, 5) is 22.7. The topological polar surface area (TPSA) is 66.4 Å². The molecule has 0 spiro atoms. The first-order chi connectivity index (χ1) is 9.65. The van der Waals surface area contributed by atoms with E-state index in [4.69, 9.17) is 5.11 Å². The Morgan fingerprint density at radius 3 is 2.50 bits per heavy atom. The van der Waals surface area contributed by atoms with Gasteiger partial charge in [-0.2, -0.15) is 0 Å². The molecule has 1 saturated carbocycles. The Balaban J connectivity index is 2.06. The van der Waals surface area contributed by atoms with Crippen LogP contribution >= 0.6 is 0 Å². The Morgan fingerprint density at radius 2 is 1.80 bits per heavy atom. The molecule has 1 amide bonds. The molecule has 4 heteroatoms. The molecule has 0 aromatic rings. The van der Waals surface area contributed by atoms with E-state index in [9.17, 15) is 9.59 Å². The van der Waals surface area contributed by atoms with Gasteiger partial charge in [-0.3, -0.25) is 9.59 Å². The van der Waals surface area contributed by atoms with Crippen molar-refractivity contribution in [3.05, 3.63) is 0 Å². The largest absolute Gasteiger partial charge is 0.481 e. The van der Waals surface area contributed by atoms with E-state index in [0.29, 0.717) is 13.0 Å². The molecule has 1 aliphatic rings. The Labute approximate surface area is 122 Å². The normalized spacial score (nSPS) is 21.9. The van der Waals surface area contributed by atoms with Crippen LogP contribution in [0, 0.1) is 11.8 Å². The van der Waals surface area contributed by atoms with Gasteiger partial charge in [0, 0.05) is 13.0 Å². The lowest BCUT2D eigenvalue weighted by molar-refractivity contribution is -0.143. The molecule has 4 nitrogen and oxygen atoms in total. The highest BCUT2D eigenvalue weighted by molar-refractivity contribution is 5.76. The zero-order valence-electron chi connectivity index (χ0n) is 12.7. The summed E-state index contributed by atoms with van der Waals surface area (Å²) in [7, 11) is 0. The predicted octanol–water partition coefficient (Wildman–Crippen LogP) is 3.35. The number of nitrogens with one attached hydrogen (secondary N) is 1. The van der Waals surface area contributed by atoms with Gasteiger partial charge in [0.1, 0.15) is 0 Å². The zero-order valence-corrected chi connectivity index (χ0v) is 12.7. The average Bonchev–Trinajstić information content (AvgIpc) is 2.89. The van der Waals surface area contributed by atoms with Crippen LogP contribution in [0.1, 0.15) is 71.1 Å². The molecule has 0 bridgehead atoms. The van der Waals surface area contributed by atoms with Gasteiger partial charge in [0.05, 0.1) is 5.92 Å². The molecular formula is C16H29NO3. The molecule has 20 heavy (non-hydrogen) atoms. The molecule has 0 aromatic heterocycles. The summed E-state index contributed by atoms with van der Waals surface area (Å²) < 4.78 is 0. The number of carboxylic acid groups (broad SMARTS) is 1. The molecule has 116 valence electrons. The number of rotatable bonds is 10. The van der Waals surface area contributed by atoms with Crippen LogP contribution in [0.3, 0.4) is 0 Å². The lowest BCUT2D eigenvalue weighted by atomic mass is 9.96. The number of aliphatic carboxylic acids is 1. The van der Waals surface area contributed by atoms with Gasteiger partial charge in [0.15, 0.2) is 0 Å². The number of hydrogen-bond donors (Lipinski definition) is 2. The summed E-state index contributed by atoms with van der Waals surface area (Å²) in [6.45, 7) is 2.73. The van der Waals surface area contributed by atoms with E-state index in [1.54, 1.807) is 0 Å². The fourth-order valence-corrected chi connectivity index (χ4v) is 3.01. The fraction of sp³-hybridized carbons (Fsp3) is 0.875. The highest BCUT2D eigenvalue weighted by atomic mass is 16.4. The summed E-state index contributed by atoms with van der Waals surface area (Å²) in [5.41, 5.74) is 0. The quantitative estimate of drug-likeness (QED) is 0.604. The lowest BCUT2D eigenvalue weighted by Crippen LogP contribution is -2.32. The van der Waals surface area contributed by atoms with Crippen molar-refractivity contribution < 1.29 is 14.7 Å². The molecule has 0 radical (unpaired) electrons. The minimum atomic E-state index is -0.710. The molecule has 2 unspecified atom stereocenters. The number of carbonyl (C=O) groups excluding carboxylic acids is 1. The highest BCUT2D eigenvalue weighted by Gasteiger charge is 2.32. The third-order valence-corrected chi connectivity index (χ3v) is 4.30. The van der Waals surface area contributed by atoms with Crippen molar-refractivity contribution >= 4 is 11.9 Å². The molecule has 1 fully saturated rings. The monoisotopic (exact) mass is 283 g/mol. The van der Waals surface area contributed by atoms with Crippen LogP contribution in [-0.2, 0) is 9.59 Å². The molecule has 2 atom stereocenters. The summed E-state index contributed by atoms with van der Waals surface area (Å²) >= 11 is 0. The van der Waals surface area contributed by atoms with Crippen molar-refractivity contribution in [3.8, 4) is 0 Å². The van der Waals surface area contributed by atoms with E-state index in [1.807, 2.05) is 0 Å². The third-order valence-electron chi connectivity index (χ3n) is 4.30. The van der Waals surface area contributed by atoms with Crippen molar-refractivity contribution in [2.24, 2.45) is 11.8 Å². The molecule has 0 aromatic carbocycles. The third kappa shape index (κ3) is 6.40. The van der Waals surface area contributed by atoms with Gasteiger partial charge >= 0.3 is 5.97 Å². The van der Waals surface area contributed by atoms with Crippen LogP contribution in [-0.4, -0.2) is 23.5 Å². The highest BCUT2D eigenvalue weighted by Crippen LogP contribution is 2.31. The van der Waals surface area contributed by atoms with Crippen molar-refractivity contribution in [1.29, 1.82) is 0 Å². The van der Waals surface area contributed by atoms with Gasteiger partial charge in [-0.05, 0) is 25.2 Å². The van der Waals surface area contributed by atoms with Gasteiger partial charge in [0.25, 0.3) is 0 Å². The average molecular weight is 283 g/mol. The second kappa shape index (κ2) is 9.78. The Morgan fingerprint density at radius 1 is 1.10 bits per heavy atom. The smallest absolute Gasteiger partial charge is 0.306 e. The van der Waals surface area contributed by atoms with E-state index >= 15 is 0 Å². The fourth-order valence-electron chi connectivity index (χ4n) is 3.01. The van der Waals surface area contributed by atoms with Crippen molar-refractivity contribution in [2.45, 2.75) is 71.1 Å². The minimum Gasteiger partial charge on any atom is -0.481 e. The van der Waals surface area contributed by atoms with Crippen LogP contribution < -0.4 is 5.32 Å². The van der Waals surface area contributed by atoms with E-state index < -0.39 is 5.97 Å². The van der Waals surface area contributed by atoms with E-state index in [1.165, 1.54) is 25.7 Å². The molecule has 2 N–H and O–H groups in total. The number of carbonyl (C=O) groups is 2. The molecule has 1 aliphatic carbocycles. The summed E-state index contributed by atoms with van der Waals surface area (Å²) in [5.74, 6) is -0.764. The second-order valence-corrected chi connectivity index (χ2v) is 5.96. The van der Waals surface area contributed by atoms with E-state index in [-0.39, 0.29) is 17.7 Å². The first kappa shape index (κ1) is 17.0. The number of hydrogen-bond acceptors (Lipinski definition) is 2. The number of unbranched alkanes of at least 4 members (excludes halogenated alkanes) is 5.